The van der Waals surface area contributed by atoms with Crippen molar-refractivity contribution in [2.24, 2.45) is 5.92 Å². The molecule has 6 heterocycles. The number of ketones is 3. The maximum absolute atomic E-state index is 12.5. The number of hydrogen-bond acceptors (Lipinski definition) is 14. The molecule has 5 N–H and O–H groups in total. The number of likely N-dealkylation sites (tertiary alicyclic amines) is 3. The zero-order valence-corrected chi connectivity index (χ0v) is 36.9. The number of nitrogens with zero attached hydrogens (tertiary/aromatic N) is 3. The quantitative estimate of drug-likeness (QED) is 0.222. The summed E-state index contributed by atoms with van der Waals surface area (Å²) >= 11 is 0. The van der Waals surface area contributed by atoms with Crippen molar-refractivity contribution in [3.63, 3.8) is 0 Å². The monoisotopic (exact) mass is 885 g/mol. The van der Waals surface area contributed by atoms with Crippen LogP contribution in [-0.2, 0) is 49.9 Å². The van der Waals surface area contributed by atoms with Gasteiger partial charge in [0.15, 0.2) is 70.2 Å². The van der Waals surface area contributed by atoms with Crippen LogP contribution >= 0.6 is 0 Å². The molecule has 3 aromatic carbocycles. The number of aromatic hydroxyl groups is 3. The van der Waals surface area contributed by atoms with Gasteiger partial charge < -0.3 is 54.4 Å². The Morgan fingerprint density at radius 3 is 1.51 bits per heavy atom. The van der Waals surface area contributed by atoms with Gasteiger partial charge in [-0.05, 0) is 133 Å². The summed E-state index contributed by atoms with van der Waals surface area (Å²) in [7, 11) is 6.25. The molecule has 3 spiro atoms. The molecule has 0 amide bonds. The summed E-state index contributed by atoms with van der Waals surface area (Å²) < 4.78 is 17.9. The summed E-state index contributed by atoms with van der Waals surface area (Å²) in [6, 6.07) is 11.3. The van der Waals surface area contributed by atoms with Crippen molar-refractivity contribution in [3.05, 3.63) is 81.9 Å². The van der Waals surface area contributed by atoms with Gasteiger partial charge in [-0.15, -0.1) is 0 Å². The van der Waals surface area contributed by atoms with E-state index in [0.29, 0.717) is 67.7 Å². The number of rotatable bonds is 0. The Bertz CT molecular complexity index is 2600. The number of benzene rings is 3. The lowest BCUT2D eigenvalue weighted by Crippen LogP contribution is -2.76. The molecule has 6 unspecified atom stereocenters. The SMILES string of the molecule is CN1CCC23c4c5ccc(O)c4O[C@H]2C(=O)C=C[C@H]3C1C5.CN1CCC23c4c5ccc(O)c4O[C@H]2C(=O)CC[C@@]3(O)C1C5.CN1CCC23c4c5ccc(O)c4O[C@H]2C(=O)CC[C@@]3(O)C1C5. The maximum Gasteiger partial charge on any atom is 0.196 e. The fourth-order valence-electron chi connectivity index (χ4n) is 16.2. The molecule has 340 valence electrons. The summed E-state index contributed by atoms with van der Waals surface area (Å²) in [5.74, 6) is 2.19. The standard InChI is InChI=1S/2C17H19NO4.C17H17NO3/c2*1-18-7-6-16-13-9-2-3-10(19)14(13)22-15(16)11(20)4-5-17(16,21)12(18)8-9;1-18-7-6-17-10-3-5-13(20)16(17)21-15-12(19)4-2-9(14(15)17)8-11(10)18/h2*2-3,12,15,19,21H,4-8H2,1H3;2-5,10-11,16,19H,6-8H2,1H3/t2*12?,15-,16?,17+;10-,11?,16-,17?/m000/s1. The Labute approximate surface area is 376 Å². The van der Waals surface area contributed by atoms with Gasteiger partial charge in [0.25, 0.3) is 0 Å². The van der Waals surface area contributed by atoms with Gasteiger partial charge in [-0.3, -0.25) is 14.4 Å². The average Bonchev–Trinajstić information content (AvgIpc) is 3.96. The van der Waals surface area contributed by atoms with Gasteiger partial charge in [0.1, 0.15) is 0 Å². The minimum absolute atomic E-state index is 0.00319. The van der Waals surface area contributed by atoms with Crippen LogP contribution in [0.5, 0.6) is 34.5 Å². The predicted octanol–water partition coefficient (Wildman–Crippen LogP) is 2.90. The zero-order chi connectivity index (χ0) is 44.9. The molecule has 12 atom stereocenters. The molecule has 6 aliphatic carbocycles. The van der Waals surface area contributed by atoms with Crippen molar-refractivity contribution in [1.29, 1.82) is 0 Å². The van der Waals surface area contributed by atoms with Gasteiger partial charge in [0, 0.05) is 53.6 Å². The first kappa shape index (κ1) is 40.3. The fraction of sp³-hybridized carbons (Fsp3) is 0.549. The highest BCUT2D eigenvalue weighted by Gasteiger charge is 2.74. The van der Waals surface area contributed by atoms with Crippen molar-refractivity contribution in [3.8, 4) is 34.5 Å². The number of phenols is 3. The third-order valence-corrected chi connectivity index (χ3v) is 19.1. The molecule has 2 saturated carbocycles. The molecule has 3 saturated heterocycles. The number of likely N-dealkylation sites (N-methyl/N-ethyl adjacent to an activating group) is 3. The Hall–Kier alpha value is -4.99. The zero-order valence-electron chi connectivity index (χ0n) is 36.9. The molecule has 3 aromatic rings. The van der Waals surface area contributed by atoms with Crippen LogP contribution in [0.1, 0.15) is 78.3 Å². The van der Waals surface area contributed by atoms with E-state index in [-0.39, 0.29) is 52.1 Å². The van der Waals surface area contributed by atoms with E-state index in [0.717, 1.165) is 73.1 Å². The van der Waals surface area contributed by atoms with Crippen molar-refractivity contribution < 1.29 is 54.1 Å². The lowest BCUT2D eigenvalue weighted by molar-refractivity contribution is -0.185. The molecule has 6 bridgehead atoms. The molecular weight excluding hydrogens is 831 g/mol. The maximum atomic E-state index is 12.5. The van der Waals surface area contributed by atoms with Crippen LogP contribution in [0.3, 0.4) is 0 Å². The molecule has 0 radical (unpaired) electrons. The molecule has 0 aromatic heterocycles. The first-order valence-electron chi connectivity index (χ1n) is 23.5. The minimum Gasteiger partial charge on any atom is -0.504 e. The van der Waals surface area contributed by atoms with Gasteiger partial charge in [0.05, 0.1) is 27.4 Å². The summed E-state index contributed by atoms with van der Waals surface area (Å²) in [6.07, 6.45) is 8.41. The third kappa shape index (κ3) is 4.56. The van der Waals surface area contributed by atoms with E-state index in [1.807, 2.05) is 32.3 Å². The first-order chi connectivity index (χ1) is 31.1. The molecule has 65 heavy (non-hydrogen) atoms. The number of ether oxygens (including phenoxy) is 3. The van der Waals surface area contributed by atoms with Crippen LogP contribution in [0.4, 0.5) is 0 Å². The number of aliphatic hydroxyl groups is 2. The van der Waals surface area contributed by atoms with Crippen molar-refractivity contribution >= 4 is 17.3 Å². The molecule has 14 heteroatoms. The van der Waals surface area contributed by atoms with Crippen molar-refractivity contribution in [1.82, 2.24) is 14.7 Å². The largest absolute Gasteiger partial charge is 0.504 e. The summed E-state index contributed by atoms with van der Waals surface area (Å²) in [4.78, 5) is 44.3. The van der Waals surface area contributed by atoms with Crippen molar-refractivity contribution in [2.75, 3.05) is 40.8 Å². The first-order valence-corrected chi connectivity index (χ1v) is 23.5. The lowest BCUT2D eigenvalue weighted by Gasteiger charge is -2.61. The van der Waals surface area contributed by atoms with Crippen LogP contribution in [0.25, 0.3) is 0 Å². The molecule has 12 aliphatic rings. The van der Waals surface area contributed by atoms with Crippen LogP contribution in [0.15, 0.2) is 48.6 Å². The normalized spacial score (nSPS) is 41.1. The van der Waals surface area contributed by atoms with E-state index in [1.54, 1.807) is 24.3 Å². The lowest BCUT2D eigenvalue weighted by atomic mass is 9.49. The van der Waals surface area contributed by atoms with Gasteiger partial charge in [-0.1, -0.05) is 24.3 Å². The molecular formula is C51H55N3O11. The number of carbonyl (C=O) groups excluding carboxylic acids is 3. The summed E-state index contributed by atoms with van der Waals surface area (Å²) in [6.45, 7) is 2.62. The Morgan fingerprint density at radius 2 is 1.00 bits per heavy atom. The topological polar surface area (TPSA) is 190 Å². The summed E-state index contributed by atoms with van der Waals surface area (Å²) in [5, 5.41) is 53.9. The van der Waals surface area contributed by atoms with E-state index >= 15 is 0 Å². The molecule has 14 nitrogen and oxygen atoms in total. The van der Waals surface area contributed by atoms with Crippen LogP contribution in [0.2, 0.25) is 0 Å². The van der Waals surface area contributed by atoms with Gasteiger partial charge >= 0.3 is 0 Å². The summed E-state index contributed by atoms with van der Waals surface area (Å²) in [5.41, 5.74) is 2.83. The molecule has 5 fully saturated rings. The van der Waals surface area contributed by atoms with Gasteiger partial charge in [-0.2, -0.15) is 0 Å². The number of Topliss-reactive ketones (excluding diaryl/α,β-unsaturated/α-hetero) is 2. The number of carbonyl (C=O) groups is 3. The molecule has 6 aliphatic heterocycles. The number of phenolic OH excluding ortho intramolecular Hbond substituents is 3. The highest BCUT2D eigenvalue weighted by molar-refractivity contribution is 5.98. The minimum atomic E-state index is -0.954. The predicted molar refractivity (Wildman–Crippen MR) is 233 cm³/mol. The van der Waals surface area contributed by atoms with Gasteiger partial charge in [-0.25, -0.2) is 0 Å². The van der Waals surface area contributed by atoms with E-state index < -0.39 is 40.3 Å². The van der Waals surface area contributed by atoms with Gasteiger partial charge in [0.2, 0.25) is 0 Å². The highest BCUT2D eigenvalue weighted by atomic mass is 16.5. The Morgan fingerprint density at radius 1 is 0.554 bits per heavy atom. The van der Waals surface area contributed by atoms with E-state index in [9.17, 15) is 39.9 Å². The Balaban J connectivity index is 0.0000000978. The second kappa shape index (κ2) is 12.9. The second-order valence-electron chi connectivity index (χ2n) is 21.3. The van der Waals surface area contributed by atoms with E-state index in [4.69, 9.17) is 14.2 Å². The van der Waals surface area contributed by atoms with Crippen LogP contribution in [0, 0.1) is 5.92 Å². The van der Waals surface area contributed by atoms with E-state index in [1.165, 1.54) is 5.56 Å². The van der Waals surface area contributed by atoms with Crippen LogP contribution < -0.4 is 14.2 Å². The van der Waals surface area contributed by atoms with Crippen molar-refractivity contribution in [2.45, 2.75) is 128 Å². The highest BCUT2D eigenvalue weighted by Crippen LogP contribution is 2.67. The fourth-order valence-corrected chi connectivity index (χ4v) is 16.2. The second-order valence-corrected chi connectivity index (χ2v) is 21.3. The van der Waals surface area contributed by atoms with E-state index in [2.05, 4.69) is 27.8 Å². The molecule has 15 rings (SSSR count). The number of piperidine rings is 3. The number of hydrogen-bond donors (Lipinski definition) is 5. The average molecular weight is 886 g/mol. The third-order valence-electron chi connectivity index (χ3n) is 19.1. The smallest absolute Gasteiger partial charge is 0.196 e. The van der Waals surface area contributed by atoms with Crippen LogP contribution in [-0.4, -0.2) is 146 Å². The Kier molecular flexibility index (Phi) is 8.01.